The summed E-state index contributed by atoms with van der Waals surface area (Å²) in [4.78, 5) is 8.48. The van der Waals surface area contributed by atoms with Crippen molar-refractivity contribution < 1.29 is 4.74 Å². The summed E-state index contributed by atoms with van der Waals surface area (Å²) in [5.41, 5.74) is 6.09. The summed E-state index contributed by atoms with van der Waals surface area (Å²) >= 11 is 0. The highest BCUT2D eigenvalue weighted by Crippen LogP contribution is 2.24. The first-order valence-electron chi connectivity index (χ1n) is 6.98. The highest BCUT2D eigenvalue weighted by Gasteiger charge is 2.15. The third-order valence-electron chi connectivity index (χ3n) is 2.65. The normalized spacial score (nSPS) is 11.4. The topological polar surface area (TPSA) is 102 Å². The first-order valence-corrected chi connectivity index (χ1v) is 6.98. The minimum Gasteiger partial charge on any atom is -0.470 e. The molecule has 4 N–H and O–H groups in total. The van der Waals surface area contributed by atoms with Gasteiger partial charge < -0.3 is 15.8 Å². The Balaban J connectivity index is 1.87. The zero-order chi connectivity index (χ0) is 15.3. The first-order chi connectivity index (χ1) is 9.94. The van der Waals surface area contributed by atoms with E-state index in [-0.39, 0.29) is 5.60 Å². The lowest BCUT2D eigenvalue weighted by molar-refractivity contribution is 0.125. The third kappa shape index (κ3) is 4.94. The molecule has 0 fully saturated rings. The van der Waals surface area contributed by atoms with Crippen LogP contribution in [-0.2, 0) is 6.42 Å². The summed E-state index contributed by atoms with van der Waals surface area (Å²) in [7, 11) is 0. The predicted molar refractivity (Wildman–Crippen MR) is 82.2 cm³/mol. The molecule has 0 spiro atoms. The Kier molecular flexibility index (Phi) is 4.62. The number of aryl methyl sites for hydroxylation is 1. The van der Waals surface area contributed by atoms with E-state index in [2.05, 4.69) is 25.5 Å². The Bertz CT molecular complexity index is 561. The first kappa shape index (κ1) is 15.1. The number of hydrogen-bond donors (Lipinski definition) is 3. The van der Waals surface area contributed by atoms with E-state index in [0.717, 1.165) is 31.0 Å². The van der Waals surface area contributed by atoms with Crippen molar-refractivity contribution in [2.24, 2.45) is 0 Å². The van der Waals surface area contributed by atoms with E-state index >= 15 is 0 Å². The molecule has 7 heteroatoms. The number of aromatic nitrogens is 4. The van der Waals surface area contributed by atoms with Gasteiger partial charge in [-0.05, 0) is 39.3 Å². The molecule has 2 aromatic heterocycles. The quantitative estimate of drug-likeness (QED) is 0.703. The lowest BCUT2D eigenvalue weighted by Crippen LogP contribution is -2.24. The van der Waals surface area contributed by atoms with Crippen LogP contribution < -0.4 is 15.8 Å². The molecular formula is C14H22N6O. The van der Waals surface area contributed by atoms with Crippen molar-refractivity contribution in [2.45, 2.75) is 39.2 Å². The number of aromatic amines is 1. The molecule has 0 amide bonds. The van der Waals surface area contributed by atoms with Crippen LogP contribution in [0.25, 0.3) is 0 Å². The van der Waals surface area contributed by atoms with Crippen molar-refractivity contribution in [3.8, 4) is 5.88 Å². The Morgan fingerprint density at radius 2 is 2.14 bits per heavy atom. The number of anilines is 2. The van der Waals surface area contributed by atoms with E-state index in [1.807, 2.05) is 26.8 Å². The highest BCUT2D eigenvalue weighted by atomic mass is 16.5. The number of ether oxygens (including phenoxy) is 1. The number of H-pyrrole nitrogens is 1. The van der Waals surface area contributed by atoms with E-state index < -0.39 is 0 Å². The van der Waals surface area contributed by atoms with Gasteiger partial charge in [-0.2, -0.15) is 10.1 Å². The van der Waals surface area contributed by atoms with E-state index in [4.69, 9.17) is 10.5 Å². The van der Waals surface area contributed by atoms with Crippen LogP contribution in [0, 0.1) is 0 Å². The fourth-order valence-electron chi connectivity index (χ4n) is 1.74. The smallest absolute Gasteiger partial charge is 0.239 e. The van der Waals surface area contributed by atoms with Gasteiger partial charge in [0.1, 0.15) is 23.6 Å². The minimum atomic E-state index is -0.327. The molecule has 0 atom stereocenters. The molecule has 0 aliphatic heterocycles. The van der Waals surface area contributed by atoms with Gasteiger partial charge in [-0.25, -0.2) is 4.98 Å². The molecule has 0 radical (unpaired) electrons. The Labute approximate surface area is 124 Å². The highest BCUT2D eigenvalue weighted by molar-refractivity contribution is 5.53. The molecular weight excluding hydrogens is 268 g/mol. The lowest BCUT2D eigenvalue weighted by Gasteiger charge is -2.21. The van der Waals surface area contributed by atoms with Crippen molar-refractivity contribution in [1.82, 2.24) is 20.2 Å². The SMILES string of the molecule is CC(C)(C)Oc1nc(NCCCc2ncn[nH]2)ccc1N. The molecule has 0 aliphatic rings. The fraction of sp³-hybridized carbons (Fsp3) is 0.500. The van der Waals surface area contributed by atoms with Crippen LogP contribution in [0.5, 0.6) is 5.88 Å². The van der Waals surface area contributed by atoms with Gasteiger partial charge >= 0.3 is 0 Å². The van der Waals surface area contributed by atoms with Crippen LogP contribution in [0.1, 0.15) is 33.0 Å². The van der Waals surface area contributed by atoms with Crippen molar-refractivity contribution in [1.29, 1.82) is 0 Å². The predicted octanol–water partition coefficient (Wildman–Crippen LogP) is 2.00. The third-order valence-corrected chi connectivity index (χ3v) is 2.65. The molecule has 2 rings (SSSR count). The van der Waals surface area contributed by atoms with E-state index in [0.29, 0.717) is 11.6 Å². The zero-order valence-corrected chi connectivity index (χ0v) is 12.7. The van der Waals surface area contributed by atoms with Gasteiger partial charge in [-0.1, -0.05) is 0 Å². The maximum Gasteiger partial charge on any atom is 0.239 e. The van der Waals surface area contributed by atoms with E-state index in [9.17, 15) is 0 Å². The van der Waals surface area contributed by atoms with Gasteiger partial charge in [0.25, 0.3) is 0 Å². The average molecular weight is 290 g/mol. The van der Waals surface area contributed by atoms with Gasteiger partial charge in [0, 0.05) is 13.0 Å². The van der Waals surface area contributed by atoms with Gasteiger partial charge in [0.05, 0.1) is 5.69 Å². The summed E-state index contributed by atoms with van der Waals surface area (Å²) in [6.07, 6.45) is 3.28. The number of nitrogens with one attached hydrogen (secondary N) is 2. The molecule has 0 saturated carbocycles. The molecule has 0 aromatic carbocycles. The maximum absolute atomic E-state index is 5.88. The number of nitrogen functional groups attached to an aromatic ring is 1. The second kappa shape index (κ2) is 6.43. The maximum atomic E-state index is 5.88. The van der Waals surface area contributed by atoms with Crippen LogP contribution in [0.4, 0.5) is 11.5 Å². The van der Waals surface area contributed by atoms with Crippen LogP contribution in [0.2, 0.25) is 0 Å². The molecule has 21 heavy (non-hydrogen) atoms. The van der Waals surface area contributed by atoms with Crippen molar-refractivity contribution in [2.75, 3.05) is 17.6 Å². The van der Waals surface area contributed by atoms with Crippen LogP contribution in [0.15, 0.2) is 18.5 Å². The fourth-order valence-corrected chi connectivity index (χ4v) is 1.74. The summed E-state index contributed by atoms with van der Waals surface area (Å²) in [6, 6.07) is 3.64. The zero-order valence-electron chi connectivity index (χ0n) is 12.7. The number of nitrogens with zero attached hydrogens (tertiary/aromatic N) is 3. The molecule has 0 saturated heterocycles. The number of hydrogen-bond acceptors (Lipinski definition) is 6. The summed E-state index contributed by atoms with van der Waals surface area (Å²) in [5, 5.41) is 9.90. The Hall–Kier alpha value is -2.31. The van der Waals surface area contributed by atoms with Crippen LogP contribution in [0.3, 0.4) is 0 Å². The van der Waals surface area contributed by atoms with Crippen LogP contribution >= 0.6 is 0 Å². The summed E-state index contributed by atoms with van der Waals surface area (Å²) in [5.74, 6) is 2.10. The molecule has 2 heterocycles. The lowest BCUT2D eigenvalue weighted by atomic mass is 10.2. The van der Waals surface area contributed by atoms with E-state index in [1.165, 1.54) is 6.33 Å². The standard InChI is InChI=1S/C14H22N6O/c1-14(2,3)21-13-10(15)6-7-11(19-13)16-8-4-5-12-17-9-18-20-12/h6-7,9H,4-5,8,15H2,1-3H3,(H,16,19)(H,17,18,20). The second-order valence-corrected chi connectivity index (χ2v) is 5.77. The number of rotatable bonds is 6. The largest absolute Gasteiger partial charge is 0.470 e. The Morgan fingerprint density at radius 1 is 1.33 bits per heavy atom. The van der Waals surface area contributed by atoms with Crippen molar-refractivity contribution in [3.63, 3.8) is 0 Å². The van der Waals surface area contributed by atoms with Gasteiger partial charge in [-0.15, -0.1) is 0 Å². The average Bonchev–Trinajstić information content (AvgIpc) is 2.90. The van der Waals surface area contributed by atoms with Crippen LogP contribution in [-0.4, -0.2) is 32.3 Å². The molecule has 0 unspecified atom stereocenters. The Morgan fingerprint density at radius 3 is 2.81 bits per heavy atom. The van der Waals surface area contributed by atoms with Crippen molar-refractivity contribution in [3.05, 3.63) is 24.3 Å². The summed E-state index contributed by atoms with van der Waals surface area (Å²) in [6.45, 7) is 6.68. The monoisotopic (exact) mass is 290 g/mol. The molecule has 2 aromatic rings. The van der Waals surface area contributed by atoms with Crippen molar-refractivity contribution >= 4 is 11.5 Å². The molecule has 114 valence electrons. The molecule has 0 bridgehead atoms. The number of nitrogens with two attached hydrogens (primary N) is 1. The van der Waals surface area contributed by atoms with Gasteiger partial charge in [0.15, 0.2) is 0 Å². The second-order valence-electron chi connectivity index (χ2n) is 5.77. The van der Waals surface area contributed by atoms with Gasteiger partial charge in [-0.3, -0.25) is 5.10 Å². The molecule has 0 aliphatic carbocycles. The minimum absolute atomic E-state index is 0.327. The number of pyridine rings is 1. The summed E-state index contributed by atoms with van der Waals surface area (Å²) < 4.78 is 5.74. The van der Waals surface area contributed by atoms with E-state index in [1.54, 1.807) is 6.07 Å². The van der Waals surface area contributed by atoms with Gasteiger partial charge in [0.2, 0.25) is 5.88 Å². The molecule has 7 nitrogen and oxygen atoms in total.